The van der Waals surface area contributed by atoms with Gasteiger partial charge in [-0.1, -0.05) is 15.9 Å². The maximum absolute atomic E-state index is 12.6. The normalized spacial score (nSPS) is 10.8. The van der Waals surface area contributed by atoms with E-state index in [-0.39, 0.29) is 11.9 Å². The zero-order valence-corrected chi connectivity index (χ0v) is 14.2. The van der Waals surface area contributed by atoms with Crippen LogP contribution in [0.25, 0.3) is 0 Å². The Morgan fingerprint density at radius 2 is 1.71 bits per heavy atom. The summed E-state index contributed by atoms with van der Waals surface area (Å²) in [6.07, 6.45) is 3.24. The number of hydrogen-bond acceptors (Lipinski definition) is 3. The van der Waals surface area contributed by atoms with Crippen molar-refractivity contribution in [1.29, 1.82) is 0 Å². The third-order valence-corrected chi connectivity index (χ3v) is 4.30. The van der Waals surface area contributed by atoms with E-state index in [2.05, 4.69) is 20.9 Å². The minimum absolute atomic E-state index is 0.0459. The van der Waals surface area contributed by atoms with E-state index < -0.39 is 0 Å². The lowest BCUT2D eigenvalue weighted by atomic mass is 10.0. The average molecular weight is 348 g/mol. The van der Waals surface area contributed by atoms with Crippen molar-refractivity contribution >= 4 is 21.7 Å². The second-order valence-corrected chi connectivity index (χ2v) is 6.12. The standard InChI is InChI=1S/C17H18BrNO2/c1-10(2)21-15-7-14(8-19-9-15)17(20)13-5-11(3)16(18)12(4)6-13/h5-10H,1-4H3. The van der Waals surface area contributed by atoms with Gasteiger partial charge in [-0.3, -0.25) is 9.78 Å². The van der Waals surface area contributed by atoms with Crippen LogP contribution >= 0.6 is 15.9 Å². The van der Waals surface area contributed by atoms with E-state index >= 15 is 0 Å². The summed E-state index contributed by atoms with van der Waals surface area (Å²) in [5, 5.41) is 0. The van der Waals surface area contributed by atoms with E-state index in [1.165, 1.54) is 0 Å². The first-order chi connectivity index (χ1) is 9.88. The number of pyridine rings is 1. The molecule has 0 radical (unpaired) electrons. The van der Waals surface area contributed by atoms with Gasteiger partial charge in [-0.15, -0.1) is 0 Å². The molecule has 0 atom stereocenters. The van der Waals surface area contributed by atoms with E-state index in [0.29, 0.717) is 16.9 Å². The highest BCUT2D eigenvalue weighted by Crippen LogP contribution is 2.24. The van der Waals surface area contributed by atoms with Gasteiger partial charge in [-0.25, -0.2) is 0 Å². The molecule has 0 unspecified atom stereocenters. The first-order valence-electron chi connectivity index (χ1n) is 6.81. The quantitative estimate of drug-likeness (QED) is 0.765. The maximum atomic E-state index is 12.6. The number of carbonyl (C=O) groups is 1. The van der Waals surface area contributed by atoms with Crippen molar-refractivity contribution in [2.24, 2.45) is 0 Å². The van der Waals surface area contributed by atoms with Crippen LogP contribution in [0.1, 0.15) is 40.9 Å². The van der Waals surface area contributed by atoms with Gasteiger partial charge < -0.3 is 4.74 Å². The van der Waals surface area contributed by atoms with Crippen molar-refractivity contribution < 1.29 is 9.53 Å². The van der Waals surface area contributed by atoms with Crippen molar-refractivity contribution in [3.05, 3.63) is 57.3 Å². The second kappa shape index (κ2) is 6.39. The minimum atomic E-state index is -0.0459. The molecule has 4 heteroatoms. The third kappa shape index (κ3) is 3.70. The fourth-order valence-corrected chi connectivity index (χ4v) is 2.35. The van der Waals surface area contributed by atoms with Crippen LogP contribution in [0, 0.1) is 13.8 Å². The van der Waals surface area contributed by atoms with Crippen LogP contribution in [0.4, 0.5) is 0 Å². The van der Waals surface area contributed by atoms with Gasteiger partial charge in [0.2, 0.25) is 0 Å². The topological polar surface area (TPSA) is 39.2 Å². The molecule has 0 aliphatic rings. The number of hydrogen-bond donors (Lipinski definition) is 0. The third-order valence-electron chi connectivity index (χ3n) is 3.05. The first-order valence-corrected chi connectivity index (χ1v) is 7.61. The highest BCUT2D eigenvalue weighted by atomic mass is 79.9. The van der Waals surface area contributed by atoms with Crippen molar-refractivity contribution in [1.82, 2.24) is 4.98 Å². The van der Waals surface area contributed by atoms with Gasteiger partial charge in [0.1, 0.15) is 5.75 Å². The van der Waals surface area contributed by atoms with E-state index in [9.17, 15) is 4.79 Å². The summed E-state index contributed by atoms with van der Waals surface area (Å²) in [6, 6.07) is 5.51. The van der Waals surface area contributed by atoms with Crippen molar-refractivity contribution in [2.45, 2.75) is 33.8 Å². The Balaban J connectivity index is 2.36. The summed E-state index contributed by atoms with van der Waals surface area (Å²) in [6.45, 7) is 7.83. The lowest BCUT2D eigenvalue weighted by molar-refractivity contribution is 0.103. The zero-order chi connectivity index (χ0) is 15.6. The summed E-state index contributed by atoms with van der Waals surface area (Å²) >= 11 is 3.51. The number of rotatable bonds is 4. The van der Waals surface area contributed by atoms with Crippen molar-refractivity contribution in [2.75, 3.05) is 0 Å². The molecule has 1 aromatic heterocycles. The van der Waals surface area contributed by atoms with E-state index in [1.54, 1.807) is 18.5 Å². The molecule has 2 rings (SSSR count). The largest absolute Gasteiger partial charge is 0.489 e. The lowest BCUT2D eigenvalue weighted by Crippen LogP contribution is -2.08. The average Bonchev–Trinajstić information content (AvgIpc) is 2.43. The number of carbonyl (C=O) groups excluding carboxylic acids is 1. The van der Waals surface area contributed by atoms with Gasteiger partial charge in [-0.05, 0) is 57.0 Å². The predicted molar refractivity (Wildman–Crippen MR) is 87.0 cm³/mol. The van der Waals surface area contributed by atoms with Crippen LogP contribution in [0.5, 0.6) is 5.75 Å². The number of aryl methyl sites for hydroxylation is 2. The van der Waals surface area contributed by atoms with Gasteiger partial charge in [0.05, 0.1) is 12.3 Å². The van der Waals surface area contributed by atoms with E-state index in [0.717, 1.165) is 15.6 Å². The predicted octanol–water partition coefficient (Wildman–Crippen LogP) is 4.48. The van der Waals surface area contributed by atoms with Crippen molar-refractivity contribution in [3.8, 4) is 5.75 Å². The Morgan fingerprint density at radius 1 is 1.10 bits per heavy atom. The molecule has 0 saturated carbocycles. The summed E-state index contributed by atoms with van der Waals surface area (Å²) in [7, 11) is 0. The van der Waals surface area contributed by atoms with Gasteiger partial charge in [-0.2, -0.15) is 0 Å². The fraction of sp³-hybridized carbons (Fsp3) is 0.294. The Kier molecular flexibility index (Phi) is 4.78. The molecule has 0 spiro atoms. The van der Waals surface area contributed by atoms with Crippen LogP contribution in [-0.2, 0) is 0 Å². The molecular weight excluding hydrogens is 330 g/mol. The Morgan fingerprint density at radius 3 is 2.29 bits per heavy atom. The summed E-state index contributed by atoms with van der Waals surface area (Å²) in [5.74, 6) is 0.566. The summed E-state index contributed by atoms with van der Waals surface area (Å²) in [5.41, 5.74) is 3.28. The molecule has 0 aliphatic carbocycles. The first kappa shape index (κ1) is 15.7. The molecule has 0 saturated heterocycles. The van der Waals surface area contributed by atoms with Gasteiger partial charge in [0.15, 0.2) is 5.78 Å². The molecule has 1 aromatic carbocycles. The highest BCUT2D eigenvalue weighted by Gasteiger charge is 2.13. The number of ketones is 1. The minimum Gasteiger partial charge on any atom is -0.489 e. The van der Waals surface area contributed by atoms with Gasteiger partial charge in [0, 0.05) is 21.8 Å². The molecule has 3 nitrogen and oxygen atoms in total. The number of halogens is 1. The van der Waals surface area contributed by atoms with E-state index in [1.807, 2.05) is 39.8 Å². The van der Waals surface area contributed by atoms with E-state index in [4.69, 9.17) is 4.74 Å². The Hall–Kier alpha value is -1.68. The molecular formula is C17H18BrNO2. The van der Waals surface area contributed by atoms with Crippen LogP contribution < -0.4 is 4.74 Å². The van der Waals surface area contributed by atoms with Crippen molar-refractivity contribution in [3.63, 3.8) is 0 Å². The lowest BCUT2D eigenvalue weighted by Gasteiger charge is -2.11. The molecule has 1 heterocycles. The second-order valence-electron chi connectivity index (χ2n) is 5.33. The van der Waals surface area contributed by atoms with Crippen LogP contribution in [0.3, 0.4) is 0 Å². The number of ether oxygens (including phenoxy) is 1. The SMILES string of the molecule is Cc1cc(C(=O)c2cncc(OC(C)C)c2)cc(C)c1Br. The molecule has 0 N–H and O–H groups in total. The number of benzene rings is 1. The number of nitrogens with zero attached hydrogens (tertiary/aromatic N) is 1. The monoisotopic (exact) mass is 347 g/mol. The molecule has 0 amide bonds. The van der Waals surface area contributed by atoms with Crippen LogP contribution in [0.2, 0.25) is 0 Å². The highest BCUT2D eigenvalue weighted by molar-refractivity contribution is 9.10. The maximum Gasteiger partial charge on any atom is 0.194 e. The number of aromatic nitrogens is 1. The molecule has 2 aromatic rings. The molecule has 0 fully saturated rings. The molecule has 110 valence electrons. The van der Waals surface area contributed by atoms with Gasteiger partial charge in [0.25, 0.3) is 0 Å². The van der Waals surface area contributed by atoms with Crippen LogP contribution in [0.15, 0.2) is 35.1 Å². The fourth-order valence-electron chi connectivity index (χ4n) is 2.12. The smallest absolute Gasteiger partial charge is 0.194 e. The Labute approximate surface area is 133 Å². The summed E-state index contributed by atoms with van der Waals surface area (Å²) < 4.78 is 6.62. The molecule has 0 bridgehead atoms. The molecule has 0 aliphatic heterocycles. The molecule has 21 heavy (non-hydrogen) atoms. The zero-order valence-electron chi connectivity index (χ0n) is 12.6. The summed E-state index contributed by atoms with van der Waals surface area (Å²) in [4.78, 5) is 16.7. The Bertz CT molecular complexity index is 657. The van der Waals surface area contributed by atoms with Gasteiger partial charge >= 0.3 is 0 Å². The van der Waals surface area contributed by atoms with Crippen LogP contribution in [-0.4, -0.2) is 16.9 Å².